The van der Waals surface area contributed by atoms with Crippen LogP contribution in [0.25, 0.3) is 11.1 Å². The molecule has 0 bridgehead atoms. The lowest BCUT2D eigenvalue weighted by Crippen LogP contribution is -2.32. The number of hydrogen-bond acceptors (Lipinski definition) is 4. The number of rotatable bonds is 11. The van der Waals surface area contributed by atoms with Gasteiger partial charge in [0.1, 0.15) is 0 Å². The van der Waals surface area contributed by atoms with E-state index < -0.39 is 5.97 Å². The van der Waals surface area contributed by atoms with Gasteiger partial charge in [-0.25, -0.2) is 0 Å². The third-order valence-electron chi connectivity index (χ3n) is 6.74. The van der Waals surface area contributed by atoms with Gasteiger partial charge in [0.2, 0.25) is 0 Å². The SMILES string of the molecule is COc1cccc(-c2cccc(C(CC(=O)O)N(Cc3ccccc3)[C@H](C)c3ccccc3)c2)c1OC. The summed E-state index contributed by atoms with van der Waals surface area (Å²) in [6, 6.07) is 33.9. The first-order chi connectivity index (χ1) is 18.0. The topological polar surface area (TPSA) is 59.0 Å². The molecule has 1 unspecified atom stereocenters. The van der Waals surface area contributed by atoms with Crippen LogP contribution in [-0.2, 0) is 11.3 Å². The van der Waals surface area contributed by atoms with Crippen LogP contribution in [0, 0.1) is 0 Å². The van der Waals surface area contributed by atoms with Gasteiger partial charge in [0.05, 0.1) is 20.6 Å². The summed E-state index contributed by atoms with van der Waals surface area (Å²) in [5.74, 6) is 0.458. The fourth-order valence-electron chi connectivity index (χ4n) is 4.85. The quantitative estimate of drug-likeness (QED) is 0.239. The summed E-state index contributed by atoms with van der Waals surface area (Å²) in [5.41, 5.74) is 5.04. The molecule has 4 aromatic carbocycles. The lowest BCUT2D eigenvalue weighted by molar-refractivity contribution is -0.138. The highest BCUT2D eigenvalue weighted by molar-refractivity contribution is 5.75. The molecule has 5 nitrogen and oxygen atoms in total. The Labute approximate surface area is 218 Å². The minimum atomic E-state index is -0.840. The number of carboxylic acid groups (broad SMARTS) is 1. The molecule has 0 heterocycles. The van der Waals surface area contributed by atoms with Crippen molar-refractivity contribution in [1.29, 1.82) is 0 Å². The average molecular weight is 496 g/mol. The number of ether oxygens (including phenoxy) is 2. The number of hydrogen-bond donors (Lipinski definition) is 1. The molecule has 0 fully saturated rings. The minimum Gasteiger partial charge on any atom is -0.493 e. The molecule has 1 N–H and O–H groups in total. The fourth-order valence-corrected chi connectivity index (χ4v) is 4.85. The van der Waals surface area contributed by atoms with Gasteiger partial charge >= 0.3 is 5.97 Å². The maximum absolute atomic E-state index is 12.2. The van der Waals surface area contributed by atoms with E-state index >= 15 is 0 Å². The van der Waals surface area contributed by atoms with Gasteiger partial charge in [-0.2, -0.15) is 0 Å². The first-order valence-corrected chi connectivity index (χ1v) is 12.4. The summed E-state index contributed by atoms with van der Waals surface area (Å²) in [7, 11) is 3.24. The van der Waals surface area contributed by atoms with Crippen molar-refractivity contribution < 1.29 is 19.4 Å². The molecule has 5 heteroatoms. The highest BCUT2D eigenvalue weighted by atomic mass is 16.5. The Morgan fingerprint density at radius 1 is 0.811 bits per heavy atom. The molecule has 37 heavy (non-hydrogen) atoms. The molecule has 0 radical (unpaired) electrons. The minimum absolute atomic E-state index is 0.0132. The summed E-state index contributed by atoms with van der Waals surface area (Å²) < 4.78 is 11.2. The van der Waals surface area contributed by atoms with Crippen molar-refractivity contribution in [2.24, 2.45) is 0 Å². The summed E-state index contributed by atoms with van der Waals surface area (Å²) in [4.78, 5) is 14.5. The summed E-state index contributed by atoms with van der Waals surface area (Å²) in [6.45, 7) is 2.75. The summed E-state index contributed by atoms with van der Waals surface area (Å²) in [5, 5.41) is 9.99. The van der Waals surface area contributed by atoms with Crippen molar-refractivity contribution in [3.63, 3.8) is 0 Å². The van der Waals surface area contributed by atoms with Gasteiger partial charge in [0.15, 0.2) is 11.5 Å². The van der Waals surface area contributed by atoms with E-state index in [9.17, 15) is 9.90 Å². The molecule has 2 atom stereocenters. The molecule has 0 aliphatic heterocycles. The Hall–Kier alpha value is -4.09. The van der Waals surface area contributed by atoms with Gasteiger partial charge in [0.25, 0.3) is 0 Å². The zero-order valence-corrected chi connectivity index (χ0v) is 21.5. The molecular weight excluding hydrogens is 462 g/mol. The molecule has 0 amide bonds. The van der Waals surface area contributed by atoms with Crippen LogP contribution in [0.5, 0.6) is 11.5 Å². The fraction of sp³-hybridized carbons (Fsp3) is 0.219. The number of carbonyl (C=O) groups is 1. The van der Waals surface area contributed by atoms with Crippen LogP contribution in [0.2, 0.25) is 0 Å². The Balaban J connectivity index is 1.81. The maximum atomic E-state index is 12.2. The van der Waals surface area contributed by atoms with E-state index in [1.54, 1.807) is 14.2 Å². The largest absolute Gasteiger partial charge is 0.493 e. The van der Waals surface area contributed by atoms with Crippen LogP contribution in [0.15, 0.2) is 103 Å². The number of benzene rings is 4. The summed E-state index contributed by atoms with van der Waals surface area (Å²) >= 11 is 0. The van der Waals surface area contributed by atoms with E-state index in [4.69, 9.17) is 9.47 Å². The van der Waals surface area contributed by atoms with Crippen molar-refractivity contribution in [3.8, 4) is 22.6 Å². The number of nitrogens with zero attached hydrogens (tertiary/aromatic N) is 1. The molecule has 190 valence electrons. The first-order valence-electron chi connectivity index (χ1n) is 12.4. The number of para-hydroxylation sites is 1. The monoisotopic (exact) mass is 495 g/mol. The van der Waals surface area contributed by atoms with Gasteiger partial charge in [0, 0.05) is 24.2 Å². The second-order valence-corrected chi connectivity index (χ2v) is 9.02. The lowest BCUT2D eigenvalue weighted by Gasteiger charge is -2.37. The van der Waals surface area contributed by atoms with Crippen LogP contribution < -0.4 is 9.47 Å². The van der Waals surface area contributed by atoms with Crippen LogP contribution in [0.4, 0.5) is 0 Å². The molecule has 0 aliphatic rings. The van der Waals surface area contributed by atoms with E-state index in [1.165, 1.54) is 0 Å². The predicted molar refractivity (Wildman–Crippen MR) is 147 cm³/mol. The molecule has 0 saturated heterocycles. The standard InChI is InChI=1S/C32H33NO4/c1-23(25-14-8-5-9-15-25)33(22-24-12-6-4-7-13-24)29(21-31(34)35)27-17-10-16-26(20-27)28-18-11-19-30(36-2)32(28)37-3/h4-20,23,29H,21-22H2,1-3H3,(H,34,35)/t23-,29?/m1/s1. The average Bonchev–Trinajstić information content (AvgIpc) is 2.95. The molecule has 4 rings (SSSR count). The molecule has 4 aromatic rings. The molecule has 0 aliphatic carbocycles. The third kappa shape index (κ3) is 6.19. The zero-order valence-electron chi connectivity index (χ0n) is 21.5. The zero-order chi connectivity index (χ0) is 26.2. The summed E-state index contributed by atoms with van der Waals surface area (Å²) in [6.07, 6.45) is -0.0251. The molecule has 0 spiro atoms. The van der Waals surface area contributed by atoms with E-state index in [2.05, 4.69) is 42.2 Å². The molecule has 0 aromatic heterocycles. The van der Waals surface area contributed by atoms with E-state index in [0.29, 0.717) is 18.0 Å². The Morgan fingerprint density at radius 3 is 2.11 bits per heavy atom. The van der Waals surface area contributed by atoms with Crippen LogP contribution in [0.3, 0.4) is 0 Å². The second-order valence-electron chi connectivity index (χ2n) is 9.02. The number of aliphatic carboxylic acids is 1. The van der Waals surface area contributed by atoms with Crippen molar-refractivity contribution in [1.82, 2.24) is 4.90 Å². The predicted octanol–water partition coefficient (Wildman–Crippen LogP) is 7.15. The third-order valence-corrected chi connectivity index (χ3v) is 6.74. The van der Waals surface area contributed by atoms with Crippen LogP contribution >= 0.6 is 0 Å². The van der Waals surface area contributed by atoms with E-state index in [0.717, 1.165) is 27.8 Å². The van der Waals surface area contributed by atoms with Crippen LogP contribution in [0.1, 0.15) is 42.1 Å². The van der Waals surface area contributed by atoms with Crippen molar-refractivity contribution in [2.75, 3.05) is 14.2 Å². The Bertz CT molecular complexity index is 1310. The highest BCUT2D eigenvalue weighted by Crippen LogP contribution is 2.40. The molecule has 0 saturated carbocycles. The van der Waals surface area contributed by atoms with Crippen molar-refractivity contribution in [2.45, 2.75) is 32.0 Å². The number of carboxylic acids is 1. The van der Waals surface area contributed by atoms with Crippen molar-refractivity contribution in [3.05, 3.63) is 120 Å². The highest BCUT2D eigenvalue weighted by Gasteiger charge is 2.29. The van der Waals surface area contributed by atoms with Crippen molar-refractivity contribution >= 4 is 5.97 Å². The van der Waals surface area contributed by atoms with Gasteiger partial charge < -0.3 is 14.6 Å². The van der Waals surface area contributed by atoms with Gasteiger partial charge in [-0.05, 0) is 41.3 Å². The Kier molecular flexibility index (Phi) is 8.60. The second kappa shape index (κ2) is 12.2. The van der Waals surface area contributed by atoms with Gasteiger partial charge in [-0.3, -0.25) is 9.69 Å². The normalized spacial score (nSPS) is 12.6. The molecular formula is C32H33NO4. The first kappa shape index (κ1) is 26.0. The maximum Gasteiger partial charge on any atom is 0.305 e. The lowest BCUT2D eigenvalue weighted by atomic mass is 9.93. The van der Waals surface area contributed by atoms with E-state index in [-0.39, 0.29) is 18.5 Å². The van der Waals surface area contributed by atoms with Gasteiger partial charge in [-0.15, -0.1) is 0 Å². The van der Waals surface area contributed by atoms with Crippen LogP contribution in [-0.4, -0.2) is 30.2 Å². The number of methoxy groups -OCH3 is 2. The Morgan fingerprint density at radius 2 is 1.46 bits per heavy atom. The van der Waals surface area contributed by atoms with Gasteiger partial charge in [-0.1, -0.05) is 91.0 Å². The van der Waals surface area contributed by atoms with E-state index in [1.807, 2.05) is 72.8 Å². The smallest absolute Gasteiger partial charge is 0.305 e.